The fraction of sp³-hybridized carbons (Fsp3) is 0.417. The maximum Gasteiger partial charge on any atom is 0.272 e. The summed E-state index contributed by atoms with van der Waals surface area (Å²) >= 11 is 0. The van der Waals surface area contributed by atoms with Crippen LogP contribution in [-0.2, 0) is 6.54 Å². The molecule has 1 aliphatic rings. The number of aromatic nitrogens is 4. The van der Waals surface area contributed by atoms with Gasteiger partial charge in [0.1, 0.15) is 5.69 Å². The van der Waals surface area contributed by atoms with Crippen molar-refractivity contribution in [1.29, 1.82) is 0 Å². The van der Waals surface area contributed by atoms with E-state index in [2.05, 4.69) is 15.1 Å². The van der Waals surface area contributed by atoms with Crippen molar-refractivity contribution in [2.75, 3.05) is 6.54 Å². The molecule has 0 aliphatic carbocycles. The molecule has 0 radical (unpaired) electrons. The van der Waals surface area contributed by atoms with Crippen LogP contribution in [0.1, 0.15) is 23.3 Å². The minimum absolute atomic E-state index is 0.0298. The van der Waals surface area contributed by atoms with Gasteiger partial charge in [0.2, 0.25) is 0 Å². The number of carbonyl (C=O) groups is 1. The topological polar surface area (TPSA) is 66.8 Å². The molecule has 6 nitrogen and oxygen atoms in total. The Bertz CT molecular complexity index is 505. The average Bonchev–Trinajstić information content (AvgIpc) is 3.12. The van der Waals surface area contributed by atoms with Crippen molar-refractivity contribution in [1.82, 2.24) is 24.6 Å². The van der Waals surface area contributed by atoms with Gasteiger partial charge in [0.25, 0.3) is 5.91 Å². The number of carbonyl (C=O) groups excluding carboxylic acids is 1. The number of aromatic amines is 1. The number of H-pyrrole nitrogens is 1. The quantitative estimate of drug-likeness (QED) is 0.874. The third kappa shape index (κ3) is 2.01. The molecule has 0 bridgehead atoms. The van der Waals surface area contributed by atoms with Crippen LogP contribution in [0.2, 0.25) is 0 Å². The number of imidazole rings is 1. The van der Waals surface area contributed by atoms with Gasteiger partial charge in [-0.1, -0.05) is 0 Å². The summed E-state index contributed by atoms with van der Waals surface area (Å²) in [6, 6.07) is 2.12. The molecule has 18 heavy (non-hydrogen) atoms. The molecule has 6 heteroatoms. The van der Waals surface area contributed by atoms with E-state index in [-0.39, 0.29) is 11.9 Å². The van der Waals surface area contributed by atoms with Crippen molar-refractivity contribution in [3.05, 3.63) is 36.7 Å². The Morgan fingerprint density at radius 2 is 2.50 bits per heavy atom. The monoisotopic (exact) mass is 245 g/mol. The first-order valence-electron chi connectivity index (χ1n) is 6.11. The number of hydrogen-bond acceptors (Lipinski definition) is 3. The highest BCUT2D eigenvalue weighted by atomic mass is 16.2. The van der Waals surface area contributed by atoms with Crippen molar-refractivity contribution in [2.24, 2.45) is 0 Å². The van der Waals surface area contributed by atoms with Crippen LogP contribution in [0.4, 0.5) is 0 Å². The highest BCUT2D eigenvalue weighted by Gasteiger charge is 2.30. The lowest BCUT2D eigenvalue weighted by Gasteiger charge is -2.24. The third-order valence-electron chi connectivity index (χ3n) is 3.32. The lowest BCUT2D eigenvalue weighted by atomic mass is 10.2. The first-order valence-corrected chi connectivity index (χ1v) is 6.11. The normalized spacial score (nSPS) is 19.3. The van der Waals surface area contributed by atoms with Crippen LogP contribution in [0.25, 0.3) is 0 Å². The van der Waals surface area contributed by atoms with Crippen LogP contribution >= 0.6 is 0 Å². The van der Waals surface area contributed by atoms with Crippen molar-refractivity contribution in [3.63, 3.8) is 0 Å². The zero-order chi connectivity index (χ0) is 12.4. The van der Waals surface area contributed by atoms with Gasteiger partial charge in [0.15, 0.2) is 0 Å². The van der Waals surface area contributed by atoms with E-state index in [4.69, 9.17) is 0 Å². The lowest BCUT2D eigenvalue weighted by molar-refractivity contribution is 0.0716. The fourth-order valence-electron chi connectivity index (χ4n) is 2.44. The molecule has 94 valence electrons. The number of hydrogen-bond donors (Lipinski definition) is 1. The van der Waals surface area contributed by atoms with Gasteiger partial charge < -0.3 is 9.88 Å². The van der Waals surface area contributed by atoms with Gasteiger partial charge in [-0.25, -0.2) is 4.98 Å². The average molecular weight is 245 g/mol. The maximum atomic E-state index is 12.3. The second-order valence-corrected chi connectivity index (χ2v) is 4.49. The zero-order valence-corrected chi connectivity index (χ0v) is 9.99. The van der Waals surface area contributed by atoms with Crippen LogP contribution in [0.5, 0.6) is 0 Å². The Kier molecular flexibility index (Phi) is 2.84. The summed E-state index contributed by atoms with van der Waals surface area (Å²) in [7, 11) is 0. The van der Waals surface area contributed by atoms with Gasteiger partial charge in [-0.2, -0.15) is 5.10 Å². The molecule has 0 saturated carbocycles. The molecule has 1 amide bonds. The maximum absolute atomic E-state index is 12.3. The largest absolute Gasteiger partial charge is 0.341 e. The molecule has 2 aromatic rings. The SMILES string of the molecule is O=C(c1cnc[nH]1)N1CCC[C@H]1Cn1cccn1. The molecule has 2 aromatic heterocycles. The second-order valence-electron chi connectivity index (χ2n) is 4.49. The van der Waals surface area contributed by atoms with E-state index in [1.165, 1.54) is 6.33 Å². The molecule has 1 saturated heterocycles. The first-order chi connectivity index (χ1) is 8.84. The number of rotatable bonds is 3. The van der Waals surface area contributed by atoms with E-state index in [1.54, 1.807) is 12.4 Å². The predicted octanol–water partition coefficient (Wildman–Crippen LogP) is 0.911. The van der Waals surface area contributed by atoms with Crippen LogP contribution in [-0.4, -0.2) is 43.1 Å². The van der Waals surface area contributed by atoms with E-state index in [9.17, 15) is 4.79 Å². The summed E-state index contributed by atoms with van der Waals surface area (Å²) in [6.07, 6.45) is 8.87. The summed E-state index contributed by atoms with van der Waals surface area (Å²) in [5.74, 6) is 0.0298. The number of likely N-dealkylation sites (tertiary alicyclic amines) is 1. The van der Waals surface area contributed by atoms with Gasteiger partial charge in [-0.05, 0) is 18.9 Å². The van der Waals surface area contributed by atoms with Crippen LogP contribution in [0.3, 0.4) is 0 Å². The summed E-state index contributed by atoms with van der Waals surface area (Å²) in [5, 5.41) is 4.19. The minimum Gasteiger partial charge on any atom is -0.341 e. The summed E-state index contributed by atoms with van der Waals surface area (Å²) < 4.78 is 1.88. The summed E-state index contributed by atoms with van der Waals surface area (Å²) in [6.45, 7) is 1.57. The molecule has 0 unspecified atom stereocenters. The van der Waals surface area contributed by atoms with E-state index < -0.39 is 0 Å². The fourth-order valence-corrected chi connectivity index (χ4v) is 2.44. The molecule has 3 rings (SSSR count). The van der Waals surface area contributed by atoms with E-state index in [0.29, 0.717) is 5.69 Å². The van der Waals surface area contributed by atoms with Crippen LogP contribution in [0.15, 0.2) is 31.0 Å². The van der Waals surface area contributed by atoms with Crippen molar-refractivity contribution in [2.45, 2.75) is 25.4 Å². The van der Waals surface area contributed by atoms with Gasteiger partial charge >= 0.3 is 0 Å². The molecule has 1 fully saturated rings. The second kappa shape index (κ2) is 4.64. The van der Waals surface area contributed by atoms with E-state index in [1.807, 2.05) is 21.8 Å². The van der Waals surface area contributed by atoms with Crippen LogP contribution < -0.4 is 0 Å². The van der Waals surface area contributed by atoms with Gasteiger partial charge in [0.05, 0.1) is 25.1 Å². The van der Waals surface area contributed by atoms with Crippen molar-refractivity contribution in [3.8, 4) is 0 Å². The Hall–Kier alpha value is -2.11. The van der Waals surface area contributed by atoms with Gasteiger partial charge in [-0.15, -0.1) is 0 Å². The van der Waals surface area contributed by atoms with Crippen molar-refractivity contribution >= 4 is 5.91 Å². The zero-order valence-electron chi connectivity index (χ0n) is 9.99. The molecule has 0 spiro atoms. The van der Waals surface area contributed by atoms with E-state index >= 15 is 0 Å². The highest BCUT2D eigenvalue weighted by Crippen LogP contribution is 2.20. The lowest BCUT2D eigenvalue weighted by Crippen LogP contribution is -2.38. The van der Waals surface area contributed by atoms with Gasteiger partial charge in [-0.3, -0.25) is 9.48 Å². The van der Waals surface area contributed by atoms with Crippen LogP contribution in [0, 0.1) is 0 Å². The van der Waals surface area contributed by atoms with E-state index in [0.717, 1.165) is 25.9 Å². The summed E-state index contributed by atoms with van der Waals surface area (Å²) in [5.41, 5.74) is 0.558. The summed E-state index contributed by atoms with van der Waals surface area (Å²) in [4.78, 5) is 20.9. The predicted molar refractivity (Wildman–Crippen MR) is 64.9 cm³/mol. The Morgan fingerprint density at radius 1 is 1.56 bits per heavy atom. The smallest absolute Gasteiger partial charge is 0.272 e. The van der Waals surface area contributed by atoms with Gasteiger partial charge in [0, 0.05) is 18.9 Å². The molecular formula is C12H15N5O. The number of nitrogens with one attached hydrogen (secondary N) is 1. The minimum atomic E-state index is 0.0298. The molecular weight excluding hydrogens is 230 g/mol. The van der Waals surface area contributed by atoms with Crippen molar-refractivity contribution < 1.29 is 4.79 Å². The molecule has 1 N–H and O–H groups in total. The Morgan fingerprint density at radius 3 is 3.22 bits per heavy atom. The Labute approximate surface area is 105 Å². The third-order valence-corrected chi connectivity index (χ3v) is 3.32. The number of amides is 1. The molecule has 3 heterocycles. The standard InChI is InChI=1S/C12H15N5O/c18-12(11-7-13-9-14-11)17-6-1-3-10(17)8-16-5-2-4-15-16/h2,4-5,7,9-10H,1,3,6,8H2,(H,13,14)/t10-/m0/s1. The Balaban J connectivity index is 1.73. The molecule has 1 atom stereocenters. The number of nitrogens with zero attached hydrogens (tertiary/aromatic N) is 4. The first kappa shape index (κ1) is 11.0. The highest BCUT2D eigenvalue weighted by molar-refractivity contribution is 5.92. The molecule has 0 aromatic carbocycles. The molecule has 1 aliphatic heterocycles.